The smallest absolute Gasteiger partial charge is 0.327 e. The lowest BCUT2D eigenvalue weighted by molar-refractivity contribution is -0.141. The standard InChI is InChI=1S/C13H20N2O3S/c1-3-11-15(10(8-19-11)12(16)17)13(18)14-6-4-9(2)5-7-14/h4,10-11H,3,5-8H2,1-2H3,(H,16,17). The van der Waals surface area contributed by atoms with Crippen molar-refractivity contribution in [2.24, 2.45) is 0 Å². The lowest BCUT2D eigenvalue weighted by Crippen LogP contribution is -2.52. The summed E-state index contributed by atoms with van der Waals surface area (Å²) in [7, 11) is 0. The maximum absolute atomic E-state index is 12.5. The van der Waals surface area contributed by atoms with Crippen LogP contribution in [0, 0.1) is 0 Å². The summed E-state index contributed by atoms with van der Waals surface area (Å²) in [5.41, 5.74) is 1.29. The van der Waals surface area contributed by atoms with Crippen molar-refractivity contribution >= 4 is 23.8 Å². The van der Waals surface area contributed by atoms with Crippen LogP contribution >= 0.6 is 11.8 Å². The fraction of sp³-hybridized carbons (Fsp3) is 0.692. The third-order valence-electron chi connectivity index (χ3n) is 3.65. The molecule has 2 amide bonds. The second kappa shape index (κ2) is 5.86. The van der Waals surface area contributed by atoms with Crippen molar-refractivity contribution in [3.63, 3.8) is 0 Å². The van der Waals surface area contributed by atoms with E-state index in [-0.39, 0.29) is 11.4 Å². The Morgan fingerprint density at radius 2 is 2.26 bits per heavy atom. The number of carbonyl (C=O) groups is 2. The van der Waals surface area contributed by atoms with Gasteiger partial charge in [0.25, 0.3) is 0 Å². The van der Waals surface area contributed by atoms with Gasteiger partial charge >= 0.3 is 12.0 Å². The predicted octanol–water partition coefficient (Wildman–Crippen LogP) is 2.00. The van der Waals surface area contributed by atoms with Crippen LogP contribution in [0.1, 0.15) is 26.7 Å². The number of urea groups is 1. The van der Waals surface area contributed by atoms with Gasteiger partial charge in [0.15, 0.2) is 0 Å². The van der Waals surface area contributed by atoms with Crippen LogP contribution < -0.4 is 0 Å². The summed E-state index contributed by atoms with van der Waals surface area (Å²) in [6.45, 7) is 5.32. The van der Waals surface area contributed by atoms with Crippen LogP contribution in [-0.4, -0.2) is 57.2 Å². The fourth-order valence-corrected chi connectivity index (χ4v) is 3.77. The number of aliphatic carboxylic acids is 1. The van der Waals surface area contributed by atoms with E-state index in [1.165, 1.54) is 5.57 Å². The summed E-state index contributed by atoms with van der Waals surface area (Å²) in [6.07, 6.45) is 3.70. The highest BCUT2D eigenvalue weighted by atomic mass is 32.2. The molecular weight excluding hydrogens is 264 g/mol. The minimum Gasteiger partial charge on any atom is -0.480 e. The number of carbonyl (C=O) groups excluding carboxylic acids is 1. The Balaban J connectivity index is 2.12. The number of amides is 2. The summed E-state index contributed by atoms with van der Waals surface area (Å²) in [5.74, 6) is -0.414. The highest BCUT2D eigenvalue weighted by Gasteiger charge is 2.42. The van der Waals surface area contributed by atoms with Crippen LogP contribution in [0.4, 0.5) is 4.79 Å². The third-order valence-corrected chi connectivity index (χ3v) is 5.11. The Hall–Kier alpha value is -1.17. The first-order valence-corrected chi connectivity index (χ1v) is 7.66. The molecule has 0 radical (unpaired) electrons. The molecular formula is C13H20N2O3S. The fourth-order valence-electron chi connectivity index (χ4n) is 2.43. The number of hydrogen-bond donors (Lipinski definition) is 1. The van der Waals surface area contributed by atoms with E-state index in [0.717, 1.165) is 12.8 Å². The molecule has 2 atom stereocenters. The highest BCUT2D eigenvalue weighted by molar-refractivity contribution is 8.00. The maximum atomic E-state index is 12.5. The van der Waals surface area contributed by atoms with Crippen LogP contribution in [0.15, 0.2) is 11.6 Å². The van der Waals surface area contributed by atoms with Crippen LogP contribution in [0.3, 0.4) is 0 Å². The monoisotopic (exact) mass is 284 g/mol. The summed E-state index contributed by atoms with van der Waals surface area (Å²) < 4.78 is 0. The molecule has 1 fully saturated rings. The average Bonchev–Trinajstić information content (AvgIpc) is 2.82. The van der Waals surface area contributed by atoms with E-state index in [4.69, 9.17) is 0 Å². The summed E-state index contributed by atoms with van der Waals surface area (Å²) in [6, 6.07) is -0.817. The molecule has 2 rings (SSSR count). The zero-order chi connectivity index (χ0) is 14.0. The van der Waals surface area contributed by atoms with E-state index >= 15 is 0 Å². The molecule has 2 heterocycles. The van der Waals surface area contributed by atoms with Crippen LogP contribution in [0.25, 0.3) is 0 Å². The second-order valence-corrected chi connectivity index (χ2v) is 6.20. The normalized spacial score (nSPS) is 27.4. The lowest BCUT2D eigenvalue weighted by atomic mass is 10.1. The van der Waals surface area contributed by atoms with Crippen molar-refractivity contribution in [1.82, 2.24) is 9.80 Å². The minimum atomic E-state index is -0.902. The van der Waals surface area contributed by atoms with Crippen molar-refractivity contribution in [1.29, 1.82) is 0 Å². The number of carboxylic acid groups (broad SMARTS) is 1. The summed E-state index contributed by atoms with van der Waals surface area (Å²) in [5, 5.41) is 9.24. The van der Waals surface area contributed by atoms with Gasteiger partial charge in [0, 0.05) is 18.8 Å². The number of thioether (sulfide) groups is 1. The Morgan fingerprint density at radius 1 is 1.53 bits per heavy atom. The van der Waals surface area contributed by atoms with E-state index in [9.17, 15) is 14.7 Å². The quantitative estimate of drug-likeness (QED) is 0.788. The van der Waals surface area contributed by atoms with Crippen molar-refractivity contribution in [2.75, 3.05) is 18.8 Å². The molecule has 2 unspecified atom stereocenters. The largest absolute Gasteiger partial charge is 0.480 e. The molecule has 106 valence electrons. The van der Waals surface area contributed by atoms with Gasteiger partial charge in [-0.25, -0.2) is 9.59 Å². The number of hydrogen-bond acceptors (Lipinski definition) is 3. The number of carboxylic acids is 1. The molecule has 19 heavy (non-hydrogen) atoms. The molecule has 5 nitrogen and oxygen atoms in total. The molecule has 2 aliphatic heterocycles. The Bertz CT molecular complexity index is 411. The van der Waals surface area contributed by atoms with Gasteiger partial charge in [0.2, 0.25) is 0 Å². The van der Waals surface area contributed by atoms with Gasteiger partial charge < -0.3 is 10.0 Å². The zero-order valence-electron chi connectivity index (χ0n) is 11.3. The molecule has 0 aliphatic carbocycles. The van der Waals surface area contributed by atoms with Crippen molar-refractivity contribution in [2.45, 2.75) is 38.1 Å². The van der Waals surface area contributed by atoms with Crippen molar-refractivity contribution in [3.8, 4) is 0 Å². The predicted molar refractivity (Wildman–Crippen MR) is 75.1 cm³/mol. The molecule has 0 aromatic heterocycles. The Labute approximate surface area is 117 Å². The Kier molecular flexibility index (Phi) is 4.39. The zero-order valence-corrected chi connectivity index (χ0v) is 12.2. The van der Waals surface area contributed by atoms with Gasteiger partial charge in [-0.3, -0.25) is 4.90 Å². The van der Waals surface area contributed by atoms with Gasteiger partial charge in [-0.15, -0.1) is 11.8 Å². The van der Waals surface area contributed by atoms with E-state index in [0.29, 0.717) is 18.8 Å². The maximum Gasteiger partial charge on any atom is 0.327 e. The number of nitrogens with zero attached hydrogens (tertiary/aromatic N) is 2. The SMILES string of the molecule is CCC1SCC(C(=O)O)N1C(=O)N1CC=C(C)CC1. The molecule has 6 heteroatoms. The van der Waals surface area contributed by atoms with Crippen LogP contribution in [-0.2, 0) is 4.79 Å². The van der Waals surface area contributed by atoms with Gasteiger partial charge in [0.1, 0.15) is 6.04 Å². The van der Waals surface area contributed by atoms with E-state index in [2.05, 4.69) is 6.92 Å². The topological polar surface area (TPSA) is 60.9 Å². The molecule has 0 spiro atoms. The van der Waals surface area contributed by atoms with Gasteiger partial charge in [-0.05, 0) is 19.8 Å². The van der Waals surface area contributed by atoms with E-state index < -0.39 is 12.0 Å². The second-order valence-electron chi connectivity index (χ2n) is 4.99. The first-order chi connectivity index (χ1) is 9.04. The third kappa shape index (κ3) is 2.88. The molecule has 0 bridgehead atoms. The van der Waals surface area contributed by atoms with Gasteiger partial charge in [-0.2, -0.15) is 0 Å². The lowest BCUT2D eigenvalue weighted by Gasteiger charge is -2.34. The summed E-state index contributed by atoms with van der Waals surface area (Å²) in [4.78, 5) is 27.1. The Morgan fingerprint density at radius 3 is 2.79 bits per heavy atom. The average molecular weight is 284 g/mol. The number of rotatable bonds is 2. The first-order valence-electron chi connectivity index (χ1n) is 6.62. The molecule has 1 saturated heterocycles. The van der Waals surface area contributed by atoms with Gasteiger partial charge in [0.05, 0.1) is 5.37 Å². The van der Waals surface area contributed by atoms with Crippen LogP contribution in [0.5, 0.6) is 0 Å². The molecule has 0 aromatic rings. The summed E-state index contributed by atoms with van der Waals surface area (Å²) >= 11 is 1.56. The molecule has 0 aromatic carbocycles. The van der Waals surface area contributed by atoms with E-state index in [1.54, 1.807) is 21.6 Å². The molecule has 1 N–H and O–H groups in total. The van der Waals surface area contributed by atoms with E-state index in [1.807, 2.05) is 13.0 Å². The van der Waals surface area contributed by atoms with Crippen molar-refractivity contribution in [3.05, 3.63) is 11.6 Å². The minimum absolute atomic E-state index is 0.0133. The first kappa shape index (κ1) is 14.2. The van der Waals surface area contributed by atoms with Crippen LogP contribution in [0.2, 0.25) is 0 Å². The highest BCUT2D eigenvalue weighted by Crippen LogP contribution is 2.32. The van der Waals surface area contributed by atoms with Crippen molar-refractivity contribution < 1.29 is 14.7 Å². The molecule has 0 saturated carbocycles. The van der Waals surface area contributed by atoms with Gasteiger partial charge in [-0.1, -0.05) is 18.6 Å². The molecule has 2 aliphatic rings.